The third kappa shape index (κ3) is 5.56. The summed E-state index contributed by atoms with van der Waals surface area (Å²) in [6.07, 6.45) is 0. The lowest BCUT2D eigenvalue weighted by Gasteiger charge is -2.13. The van der Waals surface area contributed by atoms with Gasteiger partial charge in [0.2, 0.25) is 0 Å². The quantitative estimate of drug-likeness (QED) is 0.169. The molecule has 0 aliphatic carbocycles. The van der Waals surface area contributed by atoms with Gasteiger partial charge in [-0.25, -0.2) is 0 Å². The van der Waals surface area contributed by atoms with Gasteiger partial charge in [-0.2, -0.15) is 0 Å². The van der Waals surface area contributed by atoms with Crippen LogP contribution >= 0.6 is 12.0 Å². The predicted octanol–water partition coefficient (Wildman–Crippen LogP) is 0.422. The monoisotopic (exact) mass is 333 g/mol. The number of hydrogen-bond donors (Lipinski definition) is 5. The molecule has 0 aromatic heterocycles. The average molecular weight is 333 g/mol. The second kappa shape index (κ2) is 10.1. The maximum absolute atomic E-state index is 11.3. The summed E-state index contributed by atoms with van der Waals surface area (Å²) in [5.74, 6) is 0.709. The Balaban J connectivity index is 3.11. The van der Waals surface area contributed by atoms with Crippen molar-refractivity contribution >= 4 is 29.1 Å². The maximum atomic E-state index is 11.3. The van der Waals surface area contributed by atoms with Gasteiger partial charge in [-0.05, 0) is 0 Å². The summed E-state index contributed by atoms with van der Waals surface area (Å²) < 4.78 is 5.35. The van der Waals surface area contributed by atoms with Crippen LogP contribution in [0.1, 0.15) is 0 Å². The van der Waals surface area contributed by atoms with E-state index in [0.717, 1.165) is 12.0 Å². The molecular formula is C12H19N3O6S. The SMILES string of the molecule is O=[N+]([O-])c1c(NCCO)cc(OSCCO)cc1NCCO. The molecule has 124 valence electrons. The van der Waals surface area contributed by atoms with Crippen LogP contribution in [0.3, 0.4) is 0 Å². The Morgan fingerprint density at radius 1 is 1.09 bits per heavy atom. The zero-order chi connectivity index (χ0) is 16.4. The molecule has 0 bridgehead atoms. The number of nitrogens with one attached hydrogen (secondary N) is 2. The number of hydrogen-bond acceptors (Lipinski definition) is 9. The molecule has 0 spiro atoms. The molecule has 10 heteroatoms. The highest BCUT2D eigenvalue weighted by Gasteiger charge is 2.22. The summed E-state index contributed by atoms with van der Waals surface area (Å²) in [7, 11) is 0. The number of nitrogens with zero attached hydrogens (tertiary/aromatic N) is 1. The third-order valence-corrected chi connectivity index (χ3v) is 3.11. The van der Waals surface area contributed by atoms with Gasteiger partial charge in [0.15, 0.2) is 0 Å². The van der Waals surface area contributed by atoms with Gasteiger partial charge in [0, 0.05) is 25.2 Å². The van der Waals surface area contributed by atoms with E-state index in [0.29, 0.717) is 11.5 Å². The number of nitro benzene ring substituents is 1. The first kappa shape index (κ1) is 18.3. The van der Waals surface area contributed by atoms with Crippen LogP contribution in [0.2, 0.25) is 0 Å². The second-order valence-electron chi connectivity index (χ2n) is 4.05. The molecule has 1 aromatic carbocycles. The number of nitro groups is 1. The molecule has 1 rings (SSSR count). The van der Waals surface area contributed by atoms with Gasteiger partial charge < -0.3 is 30.1 Å². The van der Waals surface area contributed by atoms with Crippen LogP contribution in [0.15, 0.2) is 12.1 Å². The van der Waals surface area contributed by atoms with Gasteiger partial charge in [-0.1, -0.05) is 0 Å². The highest BCUT2D eigenvalue weighted by atomic mass is 32.2. The summed E-state index contributed by atoms with van der Waals surface area (Å²) in [5, 5.41) is 43.2. The normalized spacial score (nSPS) is 10.3. The molecule has 0 saturated heterocycles. The molecule has 0 heterocycles. The molecule has 0 aliphatic rings. The minimum absolute atomic E-state index is 0.0527. The van der Waals surface area contributed by atoms with Crippen molar-refractivity contribution < 1.29 is 24.4 Å². The number of anilines is 2. The van der Waals surface area contributed by atoms with E-state index in [-0.39, 0.29) is 50.0 Å². The van der Waals surface area contributed by atoms with E-state index in [1.54, 1.807) is 0 Å². The molecule has 22 heavy (non-hydrogen) atoms. The van der Waals surface area contributed by atoms with Crippen molar-refractivity contribution in [2.45, 2.75) is 0 Å². The Morgan fingerprint density at radius 2 is 1.64 bits per heavy atom. The molecule has 0 amide bonds. The highest BCUT2D eigenvalue weighted by molar-refractivity contribution is 7.95. The van der Waals surface area contributed by atoms with Crippen LogP contribution in [-0.2, 0) is 0 Å². The first-order valence-corrected chi connectivity index (χ1v) is 7.47. The molecule has 9 nitrogen and oxygen atoms in total. The zero-order valence-corrected chi connectivity index (χ0v) is 12.6. The topological polar surface area (TPSA) is 137 Å². The highest BCUT2D eigenvalue weighted by Crippen LogP contribution is 2.38. The van der Waals surface area contributed by atoms with Crippen molar-refractivity contribution in [1.29, 1.82) is 0 Å². The van der Waals surface area contributed by atoms with Crippen molar-refractivity contribution in [1.82, 2.24) is 0 Å². The minimum atomic E-state index is -0.552. The van der Waals surface area contributed by atoms with E-state index in [9.17, 15) is 10.1 Å². The van der Waals surface area contributed by atoms with Crippen molar-refractivity contribution in [3.8, 4) is 5.75 Å². The van der Waals surface area contributed by atoms with Gasteiger partial charge >= 0.3 is 5.69 Å². The molecule has 0 saturated carbocycles. The van der Waals surface area contributed by atoms with E-state index in [2.05, 4.69) is 10.6 Å². The van der Waals surface area contributed by atoms with Crippen LogP contribution in [-0.4, -0.2) is 58.9 Å². The van der Waals surface area contributed by atoms with Gasteiger partial charge in [0.25, 0.3) is 0 Å². The van der Waals surface area contributed by atoms with Gasteiger partial charge in [0.05, 0.1) is 42.5 Å². The Kier molecular flexibility index (Phi) is 8.36. The molecular weight excluding hydrogens is 314 g/mol. The Labute approximate surface area is 131 Å². The first-order valence-electron chi connectivity index (χ1n) is 6.56. The zero-order valence-electron chi connectivity index (χ0n) is 11.8. The summed E-state index contributed by atoms with van der Waals surface area (Å²) >= 11 is 1.01. The lowest BCUT2D eigenvalue weighted by atomic mass is 10.2. The largest absolute Gasteiger partial charge is 0.426 e. The van der Waals surface area contributed by atoms with Crippen LogP contribution < -0.4 is 14.8 Å². The van der Waals surface area contributed by atoms with E-state index in [1.165, 1.54) is 12.1 Å². The van der Waals surface area contributed by atoms with E-state index in [4.69, 9.17) is 19.5 Å². The third-order valence-electron chi connectivity index (χ3n) is 2.45. The van der Waals surface area contributed by atoms with Crippen LogP contribution in [0.4, 0.5) is 17.1 Å². The van der Waals surface area contributed by atoms with Crippen LogP contribution in [0.5, 0.6) is 5.75 Å². The minimum Gasteiger partial charge on any atom is -0.426 e. The van der Waals surface area contributed by atoms with E-state index in [1.807, 2.05) is 0 Å². The molecule has 0 atom stereocenters. The molecule has 5 N–H and O–H groups in total. The number of aliphatic hydroxyl groups is 3. The fourth-order valence-corrected chi connectivity index (χ4v) is 2.04. The summed E-state index contributed by atoms with van der Waals surface area (Å²) in [6.45, 7) is -0.119. The lowest BCUT2D eigenvalue weighted by molar-refractivity contribution is -0.383. The molecule has 0 fully saturated rings. The Morgan fingerprint density at radius 3 is 2.05 bits per heavy atom. The molecule has 0 radical (unpaired) electrons. The van der Waals surface area contributed by atoms with E-state index >= 15 is 0 Å². The Bertz CT molecular complexity index is 459. The summed E-state index contributed by atoms with van der Waals surface area (Å²) in [4.78, 5) is 10.7. The lowest BCUT2D eigenvalue weighted by Crippen LogP contribution is -2.11. The summed E-state index contributed by atoms with van der Waals surface area (Å²) in [6, 6.07) is 2.89. The number of aliphatic hydroxyl groups excluding tert-OH is 3. The summed E-state index contributed by atoms with van der Waals surface area (Å²) in [5.41, 5.74) is 0.199. The standard InChI is InChI=1S/C12H19N3O6S/c16-3-1-13-10-7-9(21-22-6-5-18)8-11(14-2-4-17)12(10)15(19)20/h7-8,13-14,16-18H,1-6H2. The van der Waals surface area contributed by atoms with Gasteiger partial charge in [0.1, 0.15) is 17.1 Å². The van der Waals surface area contributed by atoms with Crippen molar-refractivity contribution in [3.63, 3.8) is 0 Å². The van der Waals surface area contributed by atoms with E-state index < -0.39 is 4.92 Å². The average Bonchev–Trinajstić information content (AvgIpc) is 2.50. The van der Waals surface area contributed by atoms with Crippen LogP contribution in [0.25, 0.3) is 0 Å². The van der Waals surface area contributed by atoms with Crippen molar-refractivity contribution in [2.24, 2.45) is 0 Å². The fraction of sp³-hybridized carbons (Fsp3) is 0.500. The molecule has 1 aromatic rings. The predicted molar refractivity (Wildman–Crippen MR) is 84.4 cm³/mol. The second-order valence-corrected chi connectivity index (χ2v) is 4.86. The van der Waals surface area contributed by atoms with Crippen LogP contribution in [0, 0.1) is 10.1 Å². The van der Waals surface area contributed by atoms with Gasteiger partial charge in [-0.15, -0.1) is 0 Å². The van der Waals surface area contributed by atoms with Gasteiger partial charge in [-0.3, -0.25) is 10.1 Å². The van der Waals surface area contributed by atoms with Crippen molar-refractivity contribution in [2.75, 3.05) is 49.3 Å². The molecule has 0 unspecified atom stereocenters. The number of benzene rings is 1. The number of rotatable bonds is 11. The molecule has 0 aliphatic heterocycles. The maximum Gasteiger partial charge on any atom is 0.315 e. The first-order chi connectivity index (χ1) is 10.6. The smallest absolute Gasteiger partial charge is 0.315 e. The fourth-order valence-electron chi connectivity index (χ4n) is 1.65. The van der Waals surface area contributed by atoms with Crippen molar-refractivity contribution in [3.05, 3.63) is 22.2 Å². The Hall–Kier alpha value is -1.75.